The molecule has 1 aromatic carbocycles. The Morgan fingerprint density at radius 2 is 1.73 bits per heavy atom. The number of benzene rings is 1. The molecule has 2 aliphatic carbocycles. The van der Waals surface area contributed by atoms with Crippen LogP contribution in [0.25, 0.3) is 0 Å². The summed E-state index contributed by atoms with van der Waals surface area (Å²) in [7, 11) is 0. The molecule has 5 heteroatoms. The third kappa shape index (κ3) is 2.86. The van der Waals surface area contributed by atoms with Crippen molar-refractivity contribution < 1.29 is 9.59 Å². The largest absolute Gasteiger partial charge is 0.366 e. The summed E-state index contributed by atoms with van der Waals surface area (Å²) in [5, 5.41) is 2.89. The second kappa shape index (κ2) is 6.08. The smallest absolute Gasteiger partial charge is 0.250 e. The lowest BCUT2D eigenvalue weighted by atomic mass is 9.65. The van der Waals surface area contributed by atoms with Crippen molar-refractivity contribution in [3.63, 3.8) is 0 Å². The van der Waals surface area contributed by atoms with E-state index in [0.717, 1.165) is 25.7 Å². The predicted octanol–water partition coefficient (Wildman–Crippen LogP) is 1.88. The Labute approximate surface area is 130 Å². The number of carbonyl (C=O) groups excluding carboxylic acids is 2. The van der Waals surface area contributed by atoms with Crippen LogP contribution in [0.4, 0.5) is 5.69 Å². The van der Waals surface area contributed by atoms with Crippen LogP contribution < -0.4 is 16.8 Å². The summed E-state index contributed by atoms with van der Waals surface area (Å²) >= 11 is 0. The van der Waals surface area contributed by atoms with E-state index in [1.54, 1.807) is 24.3 Å². The van der Waals surface area contributed by atoms with Gasteiger partial charge in [0.15, 0.2) is 0 Å². The van der Waals surface area contributed by atoms with Crippen LogP contribution in [0.3, 0.4) is 0 Å². The molecule has 3 rings (SSSR count). The van der Waals surface area contributed by atoms with E-state index in [1.165, 1.54) is 6.42 Å². The minimum absolute atomic E-state index is 0.0162. The molecule has 2 saturated carbocycles. The Morgan fingerprint density at radius 3 is 2.36 bits per heavy atom. The summed E-state index contributed by atoms with van der Waals surface area (Å²) in [6.45, 7) is 0. The molecule has 22 heavy (non-hydrogen) atoms. The van der Waals surface area contributed by atoms with Gasteiger partial charge in [-0.2, -0.15) is 0 Å². The van der Waals surface area contributed by atoms with Gasteiger partial charge in [0.25, 0.3) is 5.91 Å². The Bertz CT molecular complexity index is 573. The van der Waals surface area contributed by atoms with Crippen molar-refractivity contribution in [1.29, 1.82) is 0 Å². The Morgan fingerprint density at radius 1 is 1.09 bits per heavy atom. The molecular formula is C17H23N3O2. The van der Waals surface area contributed by atoms with Gasteiger partial charge >= 0.3 is 0 Å². The number of para-hydroxylation sites is 1. The Kier molecular flexibility index (Phi) is 4.16. The van der Waals surface area contributed by atoms with Crippen molar-refractivity contribution in [3.05, 3.63) is 29.8 Å². The van der Waals surface area contributed by atoms with Crippen LogP contribution in [-0.4, -0.2) is 17.9 Å². The van der Waals surface area contributed by atoms with Crippen LogP contribution in [0.2, 0.25) is 0 Å². The second-order valence-electron chi connectivity index (χ2n) is 6.60. The van der Waals surface area contributed by atoms with Crippen molar-refractivity contribution in [3.8, 4) is 0 Å². The molecule has 2 atom stereocenters. The molecule has 0 aromatic heterocycles. The molecular weight excluding hydrogens is 278 g/mol. The summed E-state index contributed by atoms with van der Waals surface area (Å²) in [6, 6.07) is 7.11. The second-order valence-corrected chi connectivity index (χ2v) is 6.60. The summed E-state index contributed by atoms with van der Waals surface area (Å²) in [5.74, 6) is 0.344. The first-order valence-corrected chi connectivity index (χ1v) is 8.01. The lowest BCUT2D eigenvalue weighted by Crippen LogP contribution is -2.48. The quantitative estimate of drug-likeness (QED) is 0.795. The summed E-state index contributed by atoms with van der Waals surface area (Å²) in [6.07, 6.45) is 5.17. The van der Waals surface area contributed by atoms with Gasteiger partial charge in [-0.05, 0) is 49.7 Å². The zero-order chi connectivity index (χ0) is 15.7. The number of rotatable bonds is 3. The van der Waals surface area contributed by atoms with Gasteiger partial charge in [0, 0.05) is 12.0 Å². The van der Waals surface area contributed by atoms with E-state index in [9.17, 15) is 9.59 Å². The van der Waals surface area contributed by atoms with Gasteiger partial charge < -0.3 is 16.8 Å². The SMILES string of the molecule is NC(=O)c1ccccc1NC(=O)C1CC2CCCC(C1)C2N. The molecule has 1 aromatic rings. The van der Waals surface area contributed by atoms with E-state index in [-0.39, 0.29) is 17.9 Å². The number of hydrogen-bond acceptors (Lipinski definition) is 3. The highest BCUT2D eigenvalue weighted by Gasteiger charge is 2.40. The van der Waals surface area contributed by atoms with Crippen molar-refractivity contribution in [1.82, 2.24) is 0 Å². The summed E-state index contributed by atoms with van der Waals surface area (Å²) in [5.41, 5.74) is 12.5. The summed E-state index contributed by atoms with van der Waals surface area (Å²) in [4.78, 5) is 24.0. The highest BCUT2D eigenvalue weighted by Crippen LogP contribution is 2.42. The molecule has 5 N–H and O–H groups in total. The van der Waals surface area contributed by atoms with Crippen LogP contribution in [0, 0.1) is 17.8 Å². The number of amides is 2. The van der Waals surface area contributed by atoms with Crippen LogP contribution >= 0.6 is 0 Å². The molecule has 0 spiro atoms. The minimum atomic E-state index is -0.529. The van der Waals surface area contributed by atoms with Crippen molar-refractivity contribution in [2.45, 2.75) is 38.1 Å². The molecule has 2 amide bonds. The number of hydrogen-bond donors (Lipinski definition) is 3. The fourth-order valence-electron chi connectivity index (χ4n) is 4.04. The lowest BCUT2D eigenvalue weighted by Gasteiger charge is -2.43. The molecule has 2 bridgehead atoms. The maximum Gasteiger partial charge on any atom is 0.250 e. The van der Waals surface area contributed by atoms with Gasteiger partial charge in [-0.25, -0.2) is 0 Å². The van der Waals surface area contributed by atoms with E-state index in [2.05, 4.69) is 5.32 Å². The molecule has 0 saturated heterocycles. The zero-order valence-electron chi connectivity index (χ0n) is 12.6. The third-order valence-corrected chi connectivity index (χ3v) is 5.23. The van der Waals surface area contributed by atoms with E-state index in [0.29, 0.717) is 23.1 Å². The molecule has 2 fully saturated rings. The van der Waals surface area contributed by atoms with Gasteiger partial charge in [0.05, 0.1) is 11.3 Å². The number of carbonyl (C=O) groups is 2. The molecule has 118 valence electrons. The monoisotopic (exact) mass is 301 g/mol. The van der Waals surface area contributed by atoms with Crippen molar-refractivity contribution in [2.75, 3.05) is 5.32 Å². The fraction of sp³-hybridized carbons (Fsp3) is 0.529. The minimum Gasteiger partial charge on any atom is -0.366 e. The van der Waals surface area contributed by atoms with Crippen molar-refractivity contribution in [2.24, 2.45) is 29.2 Å². The topological polar surface area (TPSA) is 98.2 Å². The van der Waals surface area contributed by atoms with Gasteiger partial charge in [0.2, 0.25) is 5.91 Å². The number of anilines is 1. The van der Waals surface area contributed by atoms with Gasteiger partial charge in [-0.1, -0.05) is 18.6 Å². The first-order valence-electron chi connectivity index (χ1n) is 8.01. The number of primary amides is 1. The molecule has 0 heterocycles. The highest BCUT2D eigenvalue weighted by atomic mass is 16.2. The van der Waals surface area contributed by atoms with Gasteiger partial charge in [-0.15, -0.1) is 0 Å². The van der Waals surface area contributed by atoms with E-state index >= 15 is 0 Å². The Hall–Kier alpha value is -1.88. The van der Waals surface area contributed by atoms with E-state index in [4.69, 9.17) is 11.5 Å². The normalized spacial score (nSPS) is 30.6. The summed E-state index contributed by atoms with van der Waals surface area (Å²) < 4.78 is 0. The van der Waals surface area contributed by atoms with Crippen molar-refractivity contribution >= 4 is 17.5 Å². The van der Waals surface area contributed by atoms with E-state index in [1.807, 2.05) is 0 Å². The van der Waals surface area contributed by atoms with Gasteiger partial charge in [-0.3, -0.25) is 9.59 Å². The molecule has 5 nitrogen and oxygen atoms in total. The maximum atomic E-state index is 12.6. The van der Waals surface area contributed by atoms with Crippen LogP contribution in [0.15, 0.2) is 24.3 Å². The molecule has 0 radical (unpaired) electrons. The number of fused-ring (bicyclic) bond motifs is 2. The van der Waals surface area contributed by atoms with Crippen LogP contribution in [0.1, 0.15) is 42.5 Å². The maximum absolute atomic E-state index is 12.6. The molecule has 0 aliphatic heterocycles. The van der Waals surface area contributed by atoms with Crippen LogP contribution in [0.5, 0.6) is 0 Å². The fourth-order valence-corrected chi connectivity index (χ4v) is 4.04. The third-order valence-electron chi connectivity index (χ3n) is 5.23. The average Bonchev–Trinajstić information content (AvgIpc) is 2.47. The van der Waals surface area contributed by atoms with E-state index < -0.39 is 5.91 Å². The van der Waals surface area contributed by atoms with Gasteiger partial charge in [0.1, 0.15) is 0 Å². The number of nitrogens with one attached hydrogen (secondary N) is 1. The first-order chi connectivity index (χ1) is 10.6. The Balaban J connectivity index is 1.72. The lowest BCUT2D eigenvalue weighted by molar-refractivity contribution is -0.122. The number of nitrogens with two attached hydrogens (primary N) is 2. The van der Waals surface area contributed by atoms with Crippen LogP contribution in [-0.2, 0) is 4.79 Å². The zero-order valence-corrected chi connectivity index (χ0v) is 12.6. The molecule has 2 unspecified atom stereocenters. The first kappa shape index (κ1) is 15.0. The molecule has 2 aliphatic rings. The predicted molar refractivity (Wildman–Crippen MR) is 85.1 cm³/mol. The highest BCUT2D eigenvalue weighted by molar-refractivity contribution is 6.03. The average molecular weight is 301 g/mol. The standard InChI is InChI=1S/C17H23N3O2/c18-15-10-4-3-5-11(15)9-12(8-10)17(22)20-14-7-2-1-6-13(14)16(19)21/h1-2,6-7,10-12,15H,3-5,8-9,18H2,(H2,19,21)(H,20,22).